The average Bonchev–Trinajstić information content (AvgIpc) is 3.49. The highest BCUT2D eigenvalue weighted by Gasteiger charge is 2.48. The number of pyridine rings is 1. The minimum atomic E-state index is -0.655. The highest BCUT2D eigenvalue weighted by Crippen LogP contribution is 2.47. The van der Waals surface area contributed by atoms with Crippen molar-refractivity contribution in [3.63, 3.8) is 0 Å². The van der Waals surface area contributed by atoms with Gasteiger partial charge >= 0.3 is 0 Å². The van der Waals surface area contributed by atoms with E-state index in [9.17, 15) is 4.79 Å². The van der Waals surface area contributed by atoms with Crippen LogP contribution in [0.1, 0.15) is 25.6 Å². The van der Waals surface area contributed by atoms with Gasteiger partial charge in [0, 0.05) is 36.8 Å². The summed E-state index contributed by atoms with van der Waals surface area (Å²) >= 11 is 1.59. The number of rotatable bonds is 5. The maximum Gasteiger partial charge on any atom is 0.299 e. The molecule has 35 heavy (non-hydrogen) atoms. The summed E-state index contributed by atoms with van der Waals surface area (Å²) in [5.74, 6) is 7.53. The second-order valence-electron chi connectivity index (χ2n) is 8.03. The first-order valence-corrected chi connectivity index (χ1v) is 12.4. The van der Waals surface area contributed by atoms with Crippen LogP contribution in [0.15, 0.2) is 61.1 Å². The van der Waals surface area contributed by atoms with E-state index in [1.807, 2.05) is 58.2 Å². The highest BCUT2D eigenvalue weighted by atomic mass is 32.2. The lowest BCUT2D eigenvalue weighted by Gasteiger charge is -2.34. The molecule has 1 aromatic carbocycles. The molecule has 0 radical (unpaired) electrons. The van der Waals surface area contributed by atoms with E-state index >= 15 is 0 Å². The van der Waals surface area contributed by atoms with Crippen molar-refractivity contribution in [2.75, 3.05) is 18.5 Å². The summed E-state index contributed by atoms with van der Waals surface area (Å²) in [6.45, 7) is 2.30. The summed E-state index contributed by atoms with van der Waals surface area (Å²) < 4.78 is 7.79. The number of likely N-dealkylation sites (tertiary alicyclic amines) is 1. The standard InChI is InChI=1S/C26H24N6O2S/c1-3-7-21(33)32-16-6-13-26(32,35-2)25-30-22(23-24(27)29-15-17-31(23)25)18-9-11-19(12-10-18)34-20-8-4-5-14-28-20/h4-5,8-12,14-15,17H,6,13,16H2,1-2H3,(H2,27,29)/t26-/m1/s1. The van der Waals surface area contributed by atoms with E-state index in [4.69, 9.17) is 15.5 Å². The Hall–Kier alpha value is -4.03. The Morgan fingerprint density at radius 1 is 1.17 bits per heavy atom. The number of nitrogens with two attached hydrogens (primary N) is 1. The molecule has 0 unspecified atom stereocenters. The Morgan fingerprint density at radius 2 is 2.00 bits per heavy atom. The van der Waals surface area contributed by atoms with Crippen LogP contribution < -0.4 is 10.5 Å². The summed E-state index contributed by atoms with van der Waals surface area (Å²) in [4.78, 5) is 27.7. The lowest BCUT2D eigenvalue weighted by Crippen LogP contribution is -2.43. The second kappa shape index (κ2) is 9.31. The number of nitrogen functional groups attached to an aromatic ring is 1. The van der Waals surface area contributed by atoms with Gasteiger partial charge in [-0.15, -0.1) is 11.8 Å². The van der Waals surface area contributed by atoms with Gasteiger partial charge < -0.3 is 15.4 Å². The molecule has 4 aromatic rings. The summed E-state index contributed by atoms with van der Waals surface area (Å²) in [5.41, 5.74) is 8.62. The maximum absolute atomic E-state index is 12.9. The van der Waals surface area contributed by atoms with Crippen molar-refractivity contribution in [1.82, 2.24) is 24.3 Å². The molecular formula is C26H24N6O2S. The van der Waals surface area contributed by atoms with Crippen LogP contribution in [0.2, 0.25) is 0 Å². The minimum absolute atomic E-state index is 0.198. The summed E-state index contributed by atoms with van der Waals surface area (Å²) in [6.07, 6.45) is 8.82. The third-order valence-corrected chi connectivity index (χ3v) is 7.35. The zero-order chi connectivity index (χ0) is 24.4. The molecule has 1 saturated heterocycles. The van der Waals surface area contributed by atoms with Gasteiger partial charge in [-0.1, -0.05) is 12.0 Å². The SMILES string of the molecule is CC#CC(=O)N1CCC[C@@]1(SC)c1nc(-c2ccc(Oc3ccccn3)cc2)c2c(N)nccn12. The van der Waals surface area contributed by atoms with Crippen LogP contribution in [0.3, 0.4) is 0 Å². The van der Waals surface area contributed by atoms with Gasteiger partial charge in [-0.25, -0.2) is 15.0 Å². The molecule has 8 nitrogen and oxygen atoms in total. The van der Waals surface area contributed by atoms with Gasteiger partial charge in [0.15, 0.2) is 5.82 Å². The largest absolute Gasteiger partial charge is 0.439 e. The van der Waals surface area contributed by atoms with Gasteiger partial charge in [-0.3, -0.25) is 9.20 Å². The highest BCUT2D eigenvalue weighted by molar-refractivity contribution is 7.99. The number of carbonyl (C=O) groups is 1. The fourth-order valence-electron chi connectivity index (χ4n) is 4.52. The number of hydrogen-bond donors (Lipinski definition) is 1. The Bertz CT molecular complexity index is 1440. The van der Waals surface area contributed by atoms with Crippen LogP contribution in [0.25, 0.3) is 16.8 Å². The number of imidazole rings is 1. The van der Waals surface area contributed by atoms with Gasteiger partial charge in [0.25, 0.3) is 5.91 Å². The average molecular weight is 485 g/mol. The van der Waals surface area contributed by atoms with E-state index in [2.05, 4.69) is 21.8 Å². The van der Waals surface area contributed by atoms with Gasteiger partial charge in [0.05, 0.1) is 0 Å². The molecule has 0 saturated carbocycles. The Kier molecular flexibility index (Phi) is 6.05. The molecule has 1 amide bonds. The van der Waals surface area contributed by atoms with Crippen molar-refractivity contribution in [2.45, 2.75) is 24.6 Å². The van der Waals surface area contributed by atoms with Crippen molar-refractivity contribution < 1.29 is 9.53 Å². The number of amides is 1. The van der Waals surface area contributed by atoms with Crippen LogP contribution in [-0.4, -0.2) is 43.0 Å². The number of ether oxygens (including phenoxy) is 1. The van der Waals surface area contributed by atoms with Crippen LogP contribution in [0, 0.1) is 11.8 Å². The second-order valence-corrected chi connectivity index (χ2v) is 9.12. The van der Waals surface area contributed by atoms with Crippen molar-refractivity contribution in [2.24, 2.45) is 0 Å². The molecule has 5 rings (SSSR count). The van der Waals surface area contributed by atoms with E-state index < -0.39 is 4.87 Å². The predicted octanol–water partition coefficient (Wildman–Crippen LogP) is 4.33. The third kappa shape index (κ3) is 3.96. The fraction of sp³-hybridized carbons (Fsp3) is 0.231. The Morgan fingerprint density at radius 3 is 2.71 bits per heavy atom. The molecule has 9 heteroatoms. The number of fused-ring (bicyclic) bond motifs is 1. The lowest BCUT2D eigenvalue weighted by atomic mass is 10.1. The summed E-state index contributed by atoms with van der Waals surface area (Å²) in [6, 6.07) is 13.1. The molecule has 2 N–H and O–H groups in total. The summed E-state index contributed by atoms with van der Waals surface area (Å²) in [5, 5.41) is 0. The van der Waals surface area contributed by atoms with Gasteiger partial charge in [-0.2, -0.15) is 0 Å². The van der Waals surface area contributed by atoms with E-state index in [1.54, 1.807) is 37.1 Å². The van der Waals surface area contributed by atoms with Crippen molar-refractivity contribution in [1.29, 1.82) is 0 Å². The first-order chi connectivity index (χ1) is 17.1. The van der Waals surface area contributed by atoms with Crippen LogP contribution in [0.4, 0.5) is 5.82 Å². The lowest BCUT2D eigenvalue weighted by molar-refractivity contribution is -0.127. The first-order valence-electron chi connectivity index (χ1n) is 11.2. The maximum atomic E-state index is 12.9. The quantitative estimate of drug-likeness (QED) is 0.421. The monoisotopic (exact) mass is 484 g/mol. The number of thioether (sulfide) groups is 1. The van der Waals surface area contributed by atoms with Crippen molar-refractivity contribution >= 4 is 29.0 Å². The van der Waals surface area contributed by atoms with E-state index in [0.717, 1.165) is 24.2 Å². The van der Waals surface area contributed by atoms with Crippen molar-refractivity contribution in [3.8, 4) is 34.7 Å². The molecule has 0 spiro atoms. The predicted molar refractivity (Wildman–Crippen MR) is 137 cm³/mol. The zero-order valence-corrected chi connectivity index (χ0v) is 20.2. The van der Waals surface area contributed by atoms with Gasteiger partial charge in [0.2, 0.25) is 5.88 Å². The molecule has 1 atom stereocenters. The number of anilines is 1. The molecule has 3 aromatic heterocycles. The number of carbonyl (C=O) groups excluding carboxylic acids is 1. The van der Waals surface area contributed by atoms with Gasteiger partial charge in [0.1, 0.15) is 27.6 Å². The van der Waals surface area contributed by atoms with Crippen LogP contribution >= 0.6 is 11.8 Å². The number of benzene rings is 1. The number of aromatic nitrogens is 4. The van der Waals surface area contributed by atoms with E-state index in [1.165, 1.54) is 0 Å². The molecule has 0 bridgehead atoms. The van der Waals surface area contributed by atoms with Gasteiger partial charge in [-0.05, 0) is 62.3 Å². The number of nitrogens with zero attached hydrogens (tertiary/aromatic N) is 5. The smallest absolute Gasteiger partial charge is 0.299 e. The molecule has 4 heterocycles. The van der Waals surface area contributed by atoms with E-state index in [0.29, 0.717) is 35.2 Å². The molecular weight excluding hydrogens is 460 g/mol. The Labute approximate surface area is 207 Å². The third-order valence-electron chi connectivity index (χ3n) is 6.07. The molecule has 1 aliphatic rings. The molecule has 1 fully saturated rings. The minimum Gasteiger partial charge on any atom is -0.439 e. The Balaban J connectivity index is 1.61. The molecule has 1 aliphatic heterocycles. The number of hydrogen-bond acceptors (Lipinski definition) is 7. The van der Waals surface area contributed by atoms with Crippen LogP contribution in [0.5, 0.6) is 11.6 Å². The fourth-order valence-corrected chi connectivity index (χ4v) is 5.59. The molecule has 176 valence electrons. The first kappa shape index (κ1) is 22.7. The normalized spacial score (nSPS) is 17.3. The van der Waals surface area contributed by atoms with Crippen LogP contribution in [-0.2, 0) is 9.67 Å². The zero-order valence-electron chi connectivity index (χ0n) is 19.4. The summed E-state index contributed by atoms with van der Waals surface area (Å²) in [7, 11) is 0. The molecule has 0 aliphatic carbocycles. The van der Waals surface area contributed by atoms with E-state index in [-0.39, 0.29) is 5.91 Å². The van der Waals surface area contributed by atoms with Crippen molar-refractivity contribution in [3.05, 3.63) is 66.9 Å². The topological polar surface area (TPSA) is 98.6 Å².